The van der Waals surface area contributed by atoms with E-state index in [1.165, 1.54) is 5.56 Å². The van der Waals surface area contributed by atoms with Crippen molar-refractivity contribution >= 4 is 15.9 Å². The fourth-order valence-corrected chi connectivity index (χ4v) is 2.71. The van der Waals surface area contributed by atoms with E-state index in [0.717, 1.165) is 48.7 Å². The van der Waals surface area contributed by atoms with Gasteiger partial charge in [-0.2, -0.15) is 0 Å². The van der Waals surface area contributed by atoms with Gasteiger partial charge in [0.05, 0.1) is 14.2 Å². The lowest BCUT2D eigenvalue weighted by Gasteiger charge is -2.32. The van der Waals surface area contributed by atoms with Gasteiger partial charge in [-0.25, -0.2) is 0 Å². The molecule has 1 heterocycles. The van der Waals surface area contributed by atoms with Gasteiger partial charge in [0.25, 0.3) is 0 Å². The van der Waals surface area contributed by atoms with Crippen molar-refractivity contribution in [3.05, 3.63) is 22.2 Å². The number of ether oxygens (including phenoxy) is 2. The summed E-state index contributed by atoms with van der Waals surface area (Å²) in [6, 6.07) is 4.03. The SMILES string of the molecule is COc1cc(Br)c(CN2CCN(C)CC2)cc1OC. The number of rotatable bonds is 4. The summed E-state index contributed by atoms with van der Waals surface area (Å²) in [7, 11) is 5.50. The van der Waals surface area contributed by atoms with Crippen LogP contribution in [0.5, 0.6) is 11.5 Å². The number of hydrogen-bond acceptors (Lipinski definition) is 4. The first-order valence-electron chi connectivity index (χ1n) is 6.45. The summed E-state index contributed by atoms with van der Waals surface area (Å²) in [5.41, 5.74) is 1.24. The van der Waals surface area contributed by atoms with Gasteiger partial charge >= 0.3 is 0 Å². The second kappa shape index (κ2) is 6.59. The zero-order valence-corrected chi connectivity index (χ0v) is 13.4. The molecule has 0 saturated carbocycles. The van der Waals surface area contributed by atoms with Gasteiger partial charge in [0.1, 0.15) is 0 Å². The van der Waals surface area contributed by atoms with Gasteiger partial charge in [-0.3, -0.25) is 4.90 Å². The first kappa shape index (κ1) is 14.6. The van der Waals surface area contributed by atoms with Crippen LogP contribution in [0.4, 0.5) is 0 Å². The van der Waals surface area contributed by atoms with Gasteiger partial charge in [0, 0.05) is 37.2 Å². The summed E-state index contributed by atoms with van der Waals surface area (Å²) in [6.45, 7) is 5.42. The Morgan fingerprint density at radius 1 is 1.05 bits per heavy atom. The lowest BCUT2D eigenvalue weighted by atomic mass is 10.1. The minimum absolute atomic E-state index is 0.761. The van der Waals surface area contributed by atoms with E-state index in [4.69, 9.17) is 9.47 Å². The van der Waals surface area contributed by atoms with Gasteiger partial charge in [-0.15, -0.1) is 0 Å². The lowest BCUT2D eigenvalue weighted by molar-refractivity contribution is 0.148. The Balaban J connectivity index is 2.11. The van der Waals surface area contributed by atoms with E-state index in [9.17, 15) is 0 Å². The van der Waals surface area contributed by atoms with Gasteiger partial charge in [-0.05, 0) is 24.7 Å². The van der Waals surface area contributed by atoms with Crippen LogP contribution in [-0.4, -0.2) is 57.2 Å². The molecule has 1 fully saturated rings. The zero-order chi connectivity index (χ0) is 13.8. The van der Waals surface area contributed by atoms with E-state index in [1.54, 1.807) is 14.2 Å². The number of halogens is 1. The molecule has 0 unspecified atom stereocenters. The first-order chi connectivity index (χ1) is 9.13. The van der Waals surface area contributed by atoms with Crippen LogP contribution < -0.4 is 9.47 Å². The van der Waals surface area contributed by atoms with Crippen LogP contribution in [0.15, 0.2) is 16.6 Å². The number of nitrogens with zero attached hydrogens (tertiary/aromatic N) is 2. The number of likely N-dealkylation sites (N-methyl/N-ethyl adjacent to an activating group) is 1. The van der Waals surface area contributed by atoms with Crippen molar-refractivity contribution in [2.75, 3.05) is 47.4 Å². The Bertz CT molecular complexity index is 432. The maximum Gasteiger partial charge on any atom is 0.161 e. The molecule has 0 N–H and O–H groups in total. The van der Waals surface area contributed by atoms with E-state index in [1.807, 2.05) is 6.07 Å². The van der Waals surface area contributed by atoms with Crippen LogP contribution in [0.25, 0.3) is 0 Å². The van der Waals surface area contributed by atoms with Crippen molar-refractivity contribution in [1.82, 2.24) is 9.80 Å². The molecule has 1 aliphatic heterocycles. The largest absolute Gasteiger partial charge is 0.493 e. The van der Waals surface area contributed by atoms with Crippen molar-refractivity contribution in [1.29, 1.82) is 0 Å². The van der Waals surface area contributed by atoms with Crippen LogP contribution >= 0.6 is 15.9 Å². The van der Waals surface area contributed by atoms with Crippen LogP contribution in [0.1, 0.15) is 5.56 Å². The van der Waals surface area contributed by atoms with Crippen molar-refractivity contribution in [2.24, 2.45) is 0 Å². The third-order valence-corrected chi connectivity index (χ3v) is 4.28. The second-order valence-corrected chi connectivity index (χ2v) is 5.73. The fourth-order valence-electron chi connectivity index (χ4n) is 2.26. The van der Waals surface area contributed by atoms with Crippen LogP contribution in [-0.2, 0) is 6.54 Å². The molecule has 0 spiro atoms. The molecule has 0 bridgehead atoms. The molecular weight excluding hydrogens is 308 g/mol. The van der Waals surface area contributed by atoms with E-state index in [-0.39, 0.29) is 0 Å². The molecule has 0 aromatic heterocycles. The monoisotopic (exact) mass is 328 g/mol. The normalized spacial score (nSPS) is 17.5. The lowest BCUT2D eigenvalue weighted by Crippen LogP contribution is -2.43. The molecular formula is C14H21BrN2O2. The Kier molecular flexibility index (Phi) is 5.07. The van der Waals surface area contributed by atoms with Crippen LogP contribution in [0, 0.1) is 0 Å². The molecule has 0 atom stereocenters. The van der Waals surface area contributed by atoms with Crippen molar-refractivity contribution in [3.8, 4) is 11.5 Å². The second-order valence-electron chi connectivity index (χ2n) is 4.88. The smallest absolute Gasteiger partial charge is 0.161 e. The summed E-state index contributed by atoms with van der Waals surface area (Å²) in [4.78, 5) is 4.83. The van der Waals surface area contributed by atoms with E-state index < -0.39 is 0 Å². The van der Waals surface area contributed by atoms with Gasteiger partial charge < -0.3 is 14.4 Å². The first-order valence-corrected chi connectivity index (χ1v) is 7.24. The zero-order valence-electron chi connectivity index (χ0n) is 11.8. The molecule has 1 aliphatic rings. The Labute approximate surface area is 123 Å². The van der Waals surface area contributed by atoms with E-state index in [2.05, 4.69) is 38.8 Å². The number of piperazine rings is 1. The molecule has 2 rings (SSSR count). The molecule has 0 radical (unpaired) electrons. The standard InChI is InChI=1S/C14H21BrN2O2/c1-16-4-6-17(7-5-16)10-11-8-13(18-2)14(19-3)9-12(11)15/h8-9H,4-7,10H2,1-3H3. The van der Waals surface area contributed by atoms with Gasteiger partial charge in [-0.1, -0.05) is 15.9 Å². The summed E-state index contributed by atoms with van der Waals surface area (Å²) < 4.78 is 11.7. The fraction of sp³-hybridized carbons (Fsp3) is 0.571. The Hall–Kier alpha value is -0.780. The average molecular weight is 329 g/mol. The highest BCUT2D eigenvalue weighted by molar-refractivity contribution is 9.10. The number of methoxy groups -OCH3 is 2. The summed E-state index contributed by atoms with van der Waals surface area (Å²) in [6.07, 6.45) is 0. The maximum absolute atomic E-state index is 5.37. The highest BCUT2D eigenvalue weighted by atomic mass is 79.9. The minimum atomic E-state index is 0.761. The predicted octanol–water partition coefficient (Wildman–Crippen LogP) is 2.21. The highest BCUT2D eigenvalue weighted by Gasteiger charge is 2.16. The third kappa shape index (κ3) is 3.61. The van der Waals surface area contributed by atoms with E-state index >= 15 is 0 Å². The maximum atomic E-state index is 5.37. The Morgan fingerprint density at radius 2 is 1.63 bits per heavy atom. The molecule has 19 heavy (non-hydrogen) atoms. The van der Waals surface area contributed by atoms with Gasteiger partial charge in [0.15, 0.2) is 11.5 Å². The average Bonchev–Trinajstić information content (AvgIpc) is 2.43. The number of hydrogen-bond donors (Lipinski definition) is 0. The minimum Gasteiger partial charge on any atom is -0.493 e. The Morgan fingerprint density at radius 3 is 2.21 bits per heavy atom. The predicted molar refractivity (Wildman–Crippen MR) is 80.0 cm³/mol. The summed E-state index contributed by atoms with van der Waals surface area (Å²) in [5, 5.41) is 0. The molecule has 106 valence electrons. The third-order valence-electron chi connectivity index (χ3n) is 3.54. The summed E-state index contributed by atoms with van der Waals surface area (Å²) in [5.74, 6) is 1.55. The molecule has 4 nitrogen and oxygen atoms in total. The van der Waals surface area contributed by atoms with E-state index in [0.29, 0.717) is 0 Å². The molecule has 1 saturated heterocycles. The topological polar surface area (TPSA) is 24.9 Å². The van der Waals surface area contributed by atoms with Crippen LogP contribution in [0.2, 0.25) is 0 Å². The molecule has 1 aromatic carbocycles. The van der Waals surface area contributed by atoms with Crippen molar-refractivity contribution in [3.63, 3.8) is 0 Å². The highest BCUT2D eigenvalue weighted by Crippen LogP contribution is 2.33. The van der Waals surface area contributed by atoms with Crippen molar-refractivity contribution in [2.45, 2.75) is 6.54 Å². The summed E-state index contributed by atoms with van der Waals surface area (Å²) >= 11 is 3.62. The quantitative estimate of drug-likeness (QED) is 0.846. The molecule has 5 heteroatoms. The molecule has 0 amide bonds. The van der Waals surface area contributed by atoms with Crippen LogP contribution in [0.3, 0.4) is 0 Å². The van der Waals surface area contributed by atoms with Crippen molar-refractivity contribution < 1.29 is 9.47 Å². The van der Waals surface area contributed by atoms with Gasteiger partial charge in [0.2, 0.25) is 0 Å². The molecule has 1 aromatic rings. The molecule has 0 aliphatic carbocycles. The number of benzene rings is 1.